The minimum absolute atomic E-state index is 0. The van der Waals surface area contributed by atoms with Crippen LogP contribution in [0.15, 0.2) is 34.1 Å². The quantitative estimate of drug-likeness (QED) is 0.407. The average Bonchev–Trinajstić information content (AvgIpc) is 2.25. The van der Waals surface area contributed by atoms with E-state index < -0.39 is 41.5 Å². The van der Waals surface area contributed by atoms with E-state index in [0.717, 1.165) is 24.3 Å². The first-order chi connectivity index (χ1) is 9.01. The summed E-state index contributed by atoms with van der Waals surface area (Å²) < 4.78 is 61.9. The molecule has 22 heavy (non-hydrogen) atoms. The predicted molar refractivity (Wildman–Crippen MR) is 81.2 cm³/mol. The molecule has 0 saturated heterocycles. The van der Waals surface area contributed by atoms with Gasteiger partial charge in [0.05, 0.1) is 4.90 Å². The summed E-state index contributed by atoms with van der Waals surface area (Å²) in [7, 11) is -9.47. The van der Waals surface area contributed by atoms with Crippen molar-refractivity contribution in [1.82, 2.24) is 0 Å². The van der Waals surface area contributed by atoms with Gasteiger partial charge in [0.1, 0.15) is 11.5 Å². The summed E-state index contributed by atoms with van der Waals surface area (Å²) >= 11 is 0. The van der Waals surface area contributed by atoms with Gasteiger partial charge in [-0.1, -0.05) is 6.07 Å². The topological polar surface area (TPSA) is 149 Å². The summed E-state index contributed by atoms with van der Waals surface area (Å²) in [6, 6.07) is 3.88. The van der Waals surface area contributed by atoms with Gasteiger partial charge < -0.3 is 10.2 Å². The van der Waals surface area contributed by atoms with Crippen LogP contribution in [0.1, 0.15) is 0 Å². The van der Waals surface area contributed by atoms with E-state index in [-0.39, 0.29) is 69.9 Å². The molecule has 0 aliphatic heterocycles. The Morgan fingerprint density at radius 2 is 1.36 bits per heavy atom. The predicted octanol–water partition coefficient (Wildman–Crippen LogP) is -0.553. The Bertz CT molecular complexity index is 922. The van der Waals surface area contributed by atoms with Crippen LogP contribution in [0.3, 0.4) is 0 Å². The Labute approximate surface area is 170 Å². The van der Waals surface area contributed by atoms with Crippen molar-refractivity contribution >= 4 is 90.1 Å². The Hall–Kier alpha value is 0.120. The van der Waals surface area contributed by atoms with Crippen molar-refractivity contribution in [2.75, 3.05) is 0 Å². The van der Waals surface area contributed by atoms with Crippen molar-refractivity contribution in [3.05, 3.63) is 24.3 Å². The molecule has 0 aromatic heterocycles. The van der Waals surface area contributed by atoms with Gasteiger partial charge in [-0.3, -0.25) is 9.11 Å². The zero-order chi connectivity index (χ0) is 15.3. The first-order valence-corrected chi connectivity index (χ1v) is 7.83. The van der Waals surface area contributed by atoms with Gasteiger partial charge in [0, 0.05) is 5.39 Å². The van der Waals surface area contributed by atoms with Crippen molar-refractivity contribution in [1.29, 1.82) is 0 Å². The number of hydrogen-bond acceptors (Lipinski definition) is 6. The SMILES string of the molecule is O=S(=O)(O)c1ccc2cc(O)c(S(=O)(=O)O)c(O)c2c1.[NaH].[NaH]. The molecule has 0 heterocycles. The van der Waals surface area contributed by atoms with E-state index in [1.807, 2.05) is 0 Å². The Morgan fingerprint density at radius 1 is 0.818 bits per heavy atom. The second-order valence-electron chi connectivity index (χ2n) is 3.91. The molecule has 0 unspecified atom stereocenters. The molecule has 2 rings (SSSR count). The normalized spacial score (nSPS) is 11.5. The standard InChI is InChI=1S/C10H8O8S2.2Na.2H/c11-8-3-5-1-2-6(19(13,14)15)4-7(5)9(12)10(8)20(16,17)18;;;;/h1-4,11-12H,(H,13,14,15)(H,16,17,18);;;;. The molecular formula is C10H10Na2O8S2. The van der Waals surface area contributed by atoms with Crippen molar-refractivity contribution in [3.63, 3.8) is 0 Å². The van der Waals surface area contributed by atoms with Crippen molar-refractivity contribution in [2.24, 2.45) is 0 Å². The molecule has 0 fully saturated rings. The first-order valence-electron chi connectivity index (χ1n) is 4.95. The van der Waals surface area contributed by atoms with E-state index in [2.05, 4.69) is 0 Å². The molecule has 0 saturated carbocycles. The van der Waals surface area contributed by atoms with E-state index in [1.165, 1.54) is 0 Å². The molecule has 4 N–H and O–H groups in total. The fourth-order valence-corrected chi connectivity index (χ4v) is 2.92. The number of benzene rings is 2. The molecule has 2 aromatic rings. The average molecular weight is 368 g/mol. The molecule has 12 heteroatoms. The molecule has 0 bridgehead atoms. The summed E-state index contributed by atoms with van der Waals surface area (Å²) in [6.45, 7) is 0. The second kappa shape index (κ2) is 7.34. The van der Waals surface area contributed by atoms with Gasteiger partial charge in [-0.05, 0) is 23.6 Å². The van der Waals surface area contributed by atoms with E-state index in [9.17, 15) is 27.0 Å². The van der Waals surface area contributed by atoms with Crippen LogP contribution in [-0.2, 0) is 20.2 Å². The third-order valence-corrected chi connectivity index (χ3v) is 4.34. The fourth-order valence-electron chi connectivity index (χ4n) is 1.74. The number of rotatable bonds is 2. The molecule has 0 atom stereocenters. The van der Waals surface area contributed by atoms with Gasteiger partial charge in [-0.2, -0.15) is 16.8 Å². The molecule has 8 nitrogen and oxygen atoms in total. The van der Waals surface area contributed by atoms with Gasteiger partial charge in [0.2, 0.25) is 0 Å². The Morgan fingerprint density at radius 3 is 1.82 bits per heavy atom. The second-order valence-corrected chi connectivity index (χ2v) is 6.69. The maximum absolute atomic E-state index is 11.1. The van der Waals surface area contributed by atoms with Crippen LogP contribution in [0.4, 0.5) is 0 Å². The molecule has 0 aliphatic rings. The van der Waals surface area contributed by atoms with Crippen LogP contribution in [0.5, 0.6) is 11.5 Å². The number of fused-ring (bicyclic) bond motifs is 1. The van der Waals surface area contributed by atoms with Crippen molar-refractivity contribution in [2.45, 2.75) is 9.79 Å². The molecule has 2 aromatic carbocycles. The Kier molecular flexibility index (Phi) is 7.38. The Balaban J connectivity index is 0.00000220. The molecule has 0 radical (unpaired) electrons. The fraction of sp³-hybridized carbons (Fsp3) is 0. The summed E-state index contributed by atoms with van der Waals surface area (Å²) in [5, 5.41) is 19.1. The monoisotopic (exact) mass is 368 g/mol. The van der Waals surface area contributed by atoms with Gasteiger partial charge in [0.15, 0.2) is 4.90 Å². The number of phenols is 2. The summed E-state index contributed by atoms with van der Waals surface area (Å²) in [4.78, 5) is -1.72. The van der Waals surface area contributed by atoms with Gasteiger partial charge in [-0.15, -0.1) is 0 Å². The zero-order valence-electron chi connectivity index (χ0n) is 9.55. The third kappa shape index (κ3) is 4.35. The molecule has 0 spiro atoms. The van der Waals surface area contributed by atoms with E-state index in [1.54, 1.807) is 0 Å². The van der Waals surface area contributed by atoms with Crippen LogP contribution >= 0.6 is 0 Å². The van der Waals surface area contributed by atoms with E-state index in [4.69, 9.17) is 9.11 Å². The van der Waals surface area contributed by atoms with Crippen LogP contribution < -0.4 is 0 Å². The summed E-state index contributed by atoms with van der Waals surface area (Å²) in [5.41, 5.74) is 0. The van der Waals surface area contributed by atoms with Gasteiger partial charge in [-0.25, -0.2) is 0 Å². The van der Waals surface area contributed by atoms with Crippen molar-refractivity contribution < 1.29 is 36.2 Å². The third-order valence-electron chi connectivity index (χ3n) is 2.58. The van der Waals surface area contributed by atoms with Gasteiger partial charge >= 0.3 is 69.2 Å². The molecule has 112 valence electrons. The number of aromatic hydroxyl groups is 2. The molecule has 0 amide bonds. The number of hydrogen-bond donors (Lipinski definition) is 4. The van der Waals surface area contributed by atoms with E-state index in [0.29, 0.717) is 0 Å². The van der Waals surface area contributed by atoms with Crippen LogP contribution in [0.25, 0.3) is 10.8 Å². The van der Waals surface area contributed by atoms with Crippen LogP contribution in [0.2, 0.25) is 0 Å². The summed E-state index contributed by atoms with van der Waals surface area (Å²) in [5.74, 6) is -1.91. The molecular weight excluding hydrogens is 358 g/mol. The number of phenolic OH excluding ortho intramolecular Hbond substituents is 2. The van der Waals surface area contributed by atoms with Gasteiger partial charge in [0.25, 0.3) is 10.1 Å². The zero-order valence-corrected chi connectivity index (χ0v) is 11.2. The van der Waals surface area contributed by atoms with Crippen LogP contribution in [0, 0.1) is 0 Å². The minimum atomic E-state index is -4.92. The molecule has 0 aliphatic carbocycles. The first kappa shape index (κ1) is 22.1. The van der Waals surface area contributed by atoms with E-state index >= 15 is 0 Å². The van der Waals surface area contributed by atoms with Crippen molar-refractivity contribution in [3.8, 4) is 11.5 Å². The summed E-state index contributed by atoms with van der Waals surface area (Å²) in [6.07, 6.45) is 0. The van der Waals surface area contributed by atoms with Crippen LogP contribution in [-0.4, -0.2) is 95.3 Å². The maximum atomic E-state index is 11.1.